The summed E-state index contributed by atoms with van der Waals surface area (Å²) in [5.74, 6) is -0.205. The van der Waals surface area contributed by atoms with Gasteiger partial charge in [0.25, 0.3) is 0 Å². The molecule has 2 rings (SSSR count). The van der Waals surface area contributed by atoms with Gasteiger partial charge in [-0.05, 0) is 62.8 Å². The lowest BCUT2D eigenvalue weighted by Crippen LogP contribution is -2.27. The number of hydrogen-bond donors (Lipinski definition) is 2. The summed E-state index contributed by atoms with van der Waals surface area (Å²) >= 11 is 0. The number of nitrogens with one attached hydrogen (secondary N) is 2. The van der Waals surface area contributed by atoms with Crippen molar-refractivity contribution in [3.8, 4) is 0 Å². The summed E-state index contributed by atoms with van der Waals surface area (Å²) in [5, 5.41) is 2.91. The molecule has 1 amide bonds. The molecule has 0 heterocycles. The van der Waals surface area contributed by atoms with E-state index in [4.69, 9.17) is 0 Å². The molecule has 0 saturated heterocycles. The molecule has 0 radical (unpaired) electrons. The van der Waals surface area contributed by atoms with Crippen LogP contribution in [0, 0.1) is 0 Å². The van der Waals surface area contributed by atoms with Crippen LogP contribution < -0.4 is 10.0 Å². The Morgan fingerprint density at radius 2 is 1.69 bits per heavy atom. The molecule has 6 nitrogen and oxygen atoms in total. The largest absolute Gasteiger partial charge is 0.348 e. The van der Waals surface area contributed by atoms with Crippen molar-refractivity contribution in [2.24, 2.45) is 0 Å². The minimum atomic E-state index is -3.46. The van der Waals surface area contributed by atoms with Crippen LogP contribution in [-0.2, 0) is 27.9 Å². The van der Waals surface area contributed by atoms with E-state index in [0.29, 0.717) is 12.6 Å². The van der Waals surface area contributed by atoms with Crippen molar-refractivity contribution in [2.75, 3.05) is 14.1 Å². The second-order valence-corrected chi connectivity index (χ2v) is 8.99. The van der Waals surface area contributed by atoms with Gasteiger partial charge < -0.3 is 5.32 Å². The van der Waals surface area contributed by atoms with Crippen molar-refractivity contribution < 1.29 is 13.2 Å². The van der Waals surface area contributed by atoms with Crippen LogP contribution in [0.1, 0.15) is 30.5 Å². The number of benzene rings is 2. The van der Waals surface area contributed by atoms with Crippen LogP contribution >= 0.6 is 0 Å². The van der Waals surface area contributed by atoms with Gasteiger partial charge in [-0.25, -0.2) is 13.1 Å². The predicted octanol–water partition coefficient (Wildman–Crippen LogP) is 2.76. The van der Waals surface area contributed by atoms with Crippen LogP contribution in [0.5, 0.6) is 0 Å². The first-order valence-corrected chi connectivity index (χ1v) is 11.0. The second kappa shape index (κ2) is 10.3. The van der Waals surface area contributed by atoms with Gasteiger partial charge in [0, 0.05) is 25.2 Å². The fourth-order valence-electron chi connectivity index (χ4n) is 2.62. The third-order valence-electron chi connectivity index (χ3n) is 4.76. The van der Waals surface area contributed by atoms with Crippen molar-refractivity contribution in [1.82, 2.24) is 14.9 Å². The normalized spacial score (nSPS) is 12.1. The first kappa shape index (κ1) is 22.8. The first-order valence-electron chi connectivity index (χ1n) is 9.49. The molecular formula is C22H29N3O3S. The summed E-state index contributed by atoms with van der Waals surface area (Å²) in [6.07, 6.45) is 3.11. The van der Waals surface area contributed by atoms with Gasteiger partial charge in [0.1, 0.15) is 0 Å². The number of hydrogen-bond acceptors (Lipinski definition) is 4. The standard InChI is InChI=1S/C22H29N3O3S/c1-17(2)25(4)16-20-8-6-5-7-19(20)15-24-22(26)14-11-18-9-12-21(13-10-18)29(27,28)23-3/h5-14,17,23H,15-16H2,1-4H3,(H,24,26). The third-order valence-corrected chi connectivity index (χ3v) is 6.19. The average molecular weight is 416 g/mol. The average Bonchev–Trinajstić information content (AvgIpc) is 2.71. The monoisotopic (exact) mass is 415 g/mol. The Bertz CT molecular complexity index is 952. The van der Waals surface area contributed by atoms with Gasteiger partial charge in [-0.2, -0.15) is 0 Å². The minimum absolute atomic E-state index is 0.185. The molecule has 0 unspecified atom stereocenters. The summed E-state index contributed by atoms with van der Waals surface area (Å²) in [6, 6.07) is 14.8. The Morgan fingerprint density at radius 1 is 1.07 bits per heavy atom. The first-order chi connectivity index (χ1) is 13.7. The smallest absolute Gasteiger partial charge is 0.244 e. The van der Waals surface area contributed by atoms with Crippen LogP contribution in [0.4, 0.5) is 0 Å². The molecule has 0 aliphatic heterocycles. The Balaban J connectivity index is 1.97. The van der Waals surface area contributed by atoms with Gasteiger partial charge in [-0.3, -0.25) is 9.69 Å². The zero-order chi connectivity index (χ0) is 21.4. The fourth-order valence-corrected chi connectivity index (χ4v) is 3.35. The van der Waals surface area contributed by atoms with Crippen molar-refractivity contribution in [3.05, 3.63) is 71.3 Å². The molecule has 0 aliphatic rings. The van der Waals surface area contributed by atoms with Crippen LogP contribution in [0.25, 0.3) is 6.08 Å². The molecule has 0 atom stereocenters. The van der Waals surface area contributed by atoms with Gasteiger partial charge in [0.05, 0.1) is 4.90 Å². The van der Waals surface area contributed by atoms with Crippen LogP contribution in [-0.4, -0.2) is 39.4 Å². The van der Waals surface area contributed by atoms with Crippen LogP contribution in [0.15, 0.2) is 59.5 Å². The van der Waals surface area contributed by atoms with Gasteiger partial charge >= 0.3 is 0 Å². The zero-order valence-electron chi connectivity index (χ0n) is 17.3. The van der Waals surface area contributed by atoms with E-state index in [1.165, 1.54) is 30.8 Å². The van der Waals surface area contributed by atoms with Crippen LogP contribution in [0.2, 0.25) is 0 Å². The molecule has 0 saturated carbocycles. The molecule has 7 heteroatoms. The van der Waals surface area contributed by atoms with Gasteiger partial charge in [-0.1, -0.05) is 36.4 Å². The number of amides is 1. The van der Waals surface area contributed by atoms with Crippen molar-refractivity contribution in [1.29, 1.82) is 0 Å². The maximum atomic E-state index is 12.2. The van der Waals surface area contributed by atoms with E-state index < -0.39 is 10.0 Å². The summed E-state index contributed by atoms with van der Waals surface area (Å²) in [5.41, 5.74) is 3.02. The highest BCUT2D eigenvalue weighted by atomic mass is 32.2. The molecule has 156 valence electrons. The summed E-state index contributed by atoms with van der Waals surface area (Å²) in [7, 11) is -0.0139. The summed E-state index contributed by atoms with van der Waals surface area (Å²) in [4.78, 5) is 14.6. The maximum Gasteiger partial charge on any atom is 0.244 e. The van der Waals surface area contributed by atoms with E-state index in [0.717, 1.165) is 17.7 Å². The lowest BCUT2D eigenvalue weighted by molar-refractivity contribution is -0.116. The number of rotatable bonds is 9. The van der Waals surface area contributed by atoms with E-state index >= 15 is 0 Å². The van der Waals surface area contributed by atoms with Crippen LogP contribution in [0.3, 0.4) is 0 Å². The highest BCUT2D eigenvalue weighted by Crippen LogP contribution is 2.13. The van der Waals surface area contributed by atoms with Gasteiger partial charge in [-0.15, -0.1) is 0 Å². The molecule has 29 heavy (non-hydrogen) atoms. The molecule has 2 aromatic carbocycles. The molecule has 0 aromatic heterocycles. The Labute approximate surface area is 173 Å². The van der Waals surface area contributed by atoms with Crippen molar-refractivity contribution >= 4 is 22.0 Å². The summed E-state index contributed by atoms with van der Waals surface area (Å²) < 4.78 is 25.7. The number of carbonyl (C=O) groups excluding carboxylic acids is 1. The number of nitrogens with zero attached hydrogens (tertiary/aromatic N) is 1. The Kier molecular flexibility index (Phi) is 8.13. The molecule has 2 aromatic rings. The number of sulfonamides is 1. The molecule has 0 aliphatic carbocycles. The lowest BCUT2D eigenvalue weighted by atomic mass is 10.1. The lowest BCUT2D eigenvalue weighted by Gasteiger charge is -2.22. The Hall–Kier alpha value is -2.48. The van der Waals surface area contributed by atoms with Gasteiger partial charge in [0.15, 0.2) is 0 Å². The fraction of sp³-hybridized carbons (Fsp3) is 0.318. The topological polar surface area (TPSA) is 78.5 Å². The zero-order valence-corrected chi connectivity index (χ0v) is 18.2. The quantitative estimate of drug-likeness (QED) is 0.618. The minimum Gasteiger partial charge on any atom is -0.348 e. The molecule has 2 N–H and O–H groups in total. The SMILES string of the molecule is CNS(=O)(=O)c1ccc(C=CC(=O)NCc2ccccc2CN(C)C(C)C)cc1. The highest BCUT2D eigenvalue weighted by molar-refractivity contribution is 7.89. The van der Waals surface area contributed by atoms with E-state index in [1.807, 2.05) is 18.2 Å². The molecule has 0 spiro atoms. The maximum absolute atomic E-state index is 12.2. The van der Waals surface area contributed by atoms with E-state index in [1.54, 1.807) is 18.2 Å². The second-order valence-electron chi connectivity index (χ2n) is 7.11. The van der Waals surface area contributed by atoms with Crippen molar-refractivity contribution in [2.45, 2.75) is 37.9 Å². The van der Waals surface area contributed by atoms with E-state index in [9.17, 15) is 13.2 Å². The predicted molar refractivity (Wildman–Crippen MR) is 117 cm³/mol. The molecular weight excluding hydrogens is 386 g/mol. The van der Waals surface area contributed by atoms with Crippen molar-refractivity contribution in [3.63, 3.8) is 0 Å². The van der Waals surface area contributed by atoms with Gasteiger partial charge in [0.2, 0.25) is 15.9 Å². The summed E-state index contributed by atoms with van der Waals surface area (Å²) in [6.45, 7) is 5.57. The Morgan fingerprint density at radius 3 is 2.28 bits per heavy atom. The third kappa shape index (κ3) is 6.81. The molecule has 0 fully saturated rings. The van der Waals surface area contributed by atoms with E-state index in [2.05, 4.69) is 41.9 Å². The number of carbonyl (C=O) groups is 1. The van der Waals surface area contributed by atoms with E-state index in [-0.39, 0.29) is 10.8 Å². The molecule has 0 bridgehead atoms. The highest BCUT2D eigenvalue weighted by Gasteiger charge is 2.10.